The van der Waals surface area contributed by atoms with Crippen molar-refractivity contribution in [3.8, 4) is 0 Å². The molecule has 0 aliphatic carbocycles. The van der Waals surface area contributed by atoms with Crippen molar-refractivity contribution in [2.75, 3.05) is 31.1 Å². The highest BCUT2D eigenvalue weighted by Gasteiger charge is 2.30. The first kappa shape index (κ1) is 18.9. The van der Waals surface area contributed by atoms with Crippen molar-refractivity contribution in [3.05, 3.63) is 59.2 Å². The normalized spacial score (nSPS) is 16.0. The molecule has 26 heavy (non-hydrogen) atoms. The number of piperazine rings is 1. The lowest BCUT2D eigenvalue weighted by Crippen LogP contribution is -2.49. The Labute approximate surface area is 157 Å². The van der Waals surface area contributed by atoms with E-state index >= 15 is 0 Å². The van der Waals surface area contributed by atoms with E-state index in [1.54, 1.807) is 16.4 Å². The first-order valence-corrected chi connectivity index (χ1v) is 10.8. The Bertz CT molecular complexity index is 847. The van der Waals surface area contributed by atoms with Crippen molar-refractivity contribution in [2.45, 2.75) is 38.5 Å². The lowest BCUT2D eigenvalue weighted by atomic mass is 10.0. The molecule has 0 radical (unpaired) electrons. The highest BCUT2D eigenvalue weighted by molar-refractivity contribution is 7.89. The molecule has 2 aromatic rings. The first-order chi connectivity index (χ1) is 12.5. The van der Waals surface area contributed by atoms with Crippen LogP contribution in [-0.2, 0) is 22.9 Å². The number of nitrogens with zero attached hydrogens (tertiary/aromatic N) is 2. The van der Waals surface area contributed by atoms with E-state index in [4.69, 9.17) is 0 Å². The molecule has 5 heteroatoms. The highest BCUT2D eigenvalue weighted by atomic mass is 32.2. The van der Waals surface area contributed by atoms with Gasteiger partial charge in [-0.2, -0.15) is 4.31 Å². The minimum Gasteiger partial charge on any atom is -0.368 e. The Morgan fingerprint density at radius 2 is 1.42 bits per heavy atom. The largest absolute Gasteiger partial charge is 0.368 e. The molecule has 0 saturated carbocycles. The van der Waals surface area contributed by atoms with Gasteiger partial charge in [0, 0.05) is 31.9 Å². The number of hydrogen-bond acceptors (Lipinski definition) is 3. The van der Waals surface area contributed by atoms with Gasteiger partial charge in [0.1, 0.15) is 0 Å². The molecule has 1 saturated heterocycles. The molecule has 3 rings (SSSR count). The Balaban J connectivity index is 1.81. The zero-order valence-electron chi connectivity index (χ0n) is 15.9. The lowest BCUT2D eigenvalue weighted by Gasteiger charge is -2.37. The molecule has 0 aromatic heterocycles. The third-order valence-corrected chi connectivity index (χ3v) is 7.29. The number of benzene rings is 2. The van der Waals surface area contributed by atoms with Crippen molar-refractivity contribution in [3.63, 3.8) is 0 Å². The molecule has 0 unspecified atom stereocenters. The molecule has 0 amide bonds. The zero-order chi connectivity index (χ0) is 18.7. The summed E-state index contributed by atoms with van der Waals surface area (Å²) in [6.45, 7) is 8.72. The first-order valence-electron chi connectivity index (χ1n) is 9.40. The van der Waals surface area contributed by atoms with Crippen molar-refractivity contribution in [1.82, 2.24) is 4.31 Å². The molecule has 2 aromatic carbocycles. The molecule has 4 nitrogen and oxygen atoms in total. The fraction of sp³-hybridized carbons (Fsp3) is 0.429. The van der Waals surface area contributed by atoms with Gasteiger partial charge < -0.3 is 4.90 Å². The van der Waals surface area contributed by atoms with Gasteiger partial charge in [0.2, 0.25) is 10.0 Å². The molecule has 0 spiro atoms. The Kier molecular flexibility index (Phi) is 5.68. The van der Waals surface area contributed by atoms with E-state index < -0.39 is 10.0 Å². The summed E-state index contributed by atoms with van der Waals surface area (Å²) in [4.78, 5) is 2.79. The SMILES string of the molecule is CCc1cccc(CC)c1N1CCN(S(=O)(=O)c2ccccc2C)CC1. The second-order valence-electron chi connectivity index (χ2n) is 6.79. The predicted octanol–water partition coefficient (Wildman–Crippen LogP) is 3.63. The quantitative estimate of drug-likeness (QED) is 0.805. The van der Waals surface area contributed by atoms with Crippen LogP contribution in [-0.4, -0.2) is 38.9 Å². The summed E-state index contributed by atoms with van der Waals surface area (Å²) in [6, 6.07) is 13.7. The van der Waals surface area contributed by atoms with Gasteiger partial charge in [0.25, 0.3) is 0 Å². The average Bonchev–Trinajstić information content (AvgIpc) is 2.67. The molecule has 0 bridgehead atoms. The van der Waals surface area contributed by atoms with Crippen LogP contribution < -0.4 is 4.90 Å². The van der Waals surface area contributed by atoms with Crippen LogP contribution in [0.2, 0.25) is 0 Å². The van der Waals surface area contributed by atoms with E-state index in [2.05, 4.69) is 36.9 Å². The van der Waals surface area contributed by atoms with Gasteiger partial charge in [-0.3, -0.25) is 0 Å². The minimum absolute atomic E-state index is 0.427. The molecule has 0 N–H and O–H groups in total. The summed E-state index contributed by atoms with van der Waals surface area (Å²) in [7, 11) is -3.42. The fourth-order valence-electron chi connectivity index (χ4n) is 3.76. The highest BCUT2D eigenvalue weighted by Crippen LogP contribution is 2.29. The number of rotatable bonds is 5. The van der Waals surface area contributed by atoms with E-state index in [0.29, 0.717) is 18.0 Å². The van der Waals surface area contributed by atoms with Crippen LogP contribution in [0.5, 0.6) is 0 Å². The van der Waals surface area contributed by atoms with Gasteiger partial charge in [0.05, 0.1) is 4.90 Å². The lowest BCUT2D eigenvalue weighted by molar-refractivity contribution is 0.384. The van der Waals surface area contributed by atoms with Gasteiger partial charge in [-0.1, -0.05) is 50.2 Å². The van der Waals surface area contributed by atoms with Crippen LogP contribution in [0.15, 0.2) is 47.4 Å². The van der Waals surface area contributed by atoms with Crippen molar-refractivity contribution >= 4 is 15.7 Å². The van der Waals surface area contributed by atoms with Gasteiger partial charge in [0.15, 0.2) is 0 Å². The van der Waals surface area contributed by atoms with Crippen LogP contribution in [0.1, 0.15) is 30.5 Å². The molecule has 1 aliphatic rings. The summed E-state index contributed by atoms with van der Waals surface area (Å²) >= 11 is 0. The van der Waals surface area contributed by atoms with Crippen molar-refractivity contribution < 1.29 is 8.42 Å². The van der Waals surface area contributed by atoms with E-state index in [0.717, 1.165) is 31.5 Å². The van der Waals surface area contributed by atoms with E-state index in [-0.39, 0.29) is 0 Å². The van der Waals surface area contributed by atoms with Crippen LogP contribution >= 0.6 is 0 Å². The molecule has 1 heterocycles. The summed E-state index contributed by atoms with van der Waals surface area (Å²) in [6.07, 6.45) is 1.98. The second-order valence-corrected chi connectivity index (χ2v) is 8.69. The monoisotopic (exact) mass is 372 g/mol. The average molecular weight is 373 g/mol. The van der Waals surface area contributed by atoms with Gasteiger partial charge in [-0.25, -0.2) is 8.42 Å². The van der Waals surface area contributed by atoms with Crippen molar-refractivity contribution in [2.24, 2.45) is 0 Å². The number of para-hydroxylation sites is 1. The predicted molar refractivity (Wildman–Crippen MR) is 107 cm³/mol. The topological polar surface area (TPSA) is 40.6 Å². The Morgan fingerprint density at radius 3 is 1.96 bits per heavy atom. The summed E-state index contributed by atoms with van der Waals surface area (Å²) in [5.41, 5.74) is 4.81. The standard InChI is InChI=1S/C21H28N2O2S/c1-4-18-10-8-11-19(5-2)21(18)22-13-15-23(16-14-22)26(24,25)20-12-7-6-9-17(20)3/h6-12H,4-5,13-16H2,1-3H3. The van der Waals surface area contributed by atoms with Crippen LogP contribution in [0.4, 0.5) is 5.69 Å². The Morgan fingerprint density at radius 1 is 0.846 bits per heavy atom. The summed E-state index contributed by atoms with van der Waals surface area (Å²) in [5.74, 6) is 0. The third kappa shape index (κ3) is 3.51. The summed E-state index contributed by atoms with van der Waals surface area (Å²) in [5, 5.41) is 0. The van der Waals surface area contributed by atoms with E-state index in [9.17, 15) is 8.42 Å². The number of anilines is 1. The maximum atomic E-state index is 13.0. The maximum Gasteiger partial charge on any atom is 0.243 e. The number of sulfonamides is 1. The molecule has 1 fully saturated rings. The van der Waals surface area contributed by atoms with Crippen LogP contribution in [0.25, 0.3) is 0 Å². The molecule has 1 aliphatic heterocycles. The van der Waals surface area contributed by atoms with Crippen molar-refractivity contribution in [1.29, 1.82) is 0 Å². The second kappa shape index (κ2) is 7.80. The zero-order valence-corrected chi connectivity index (χ0v) is 16.7. The molecular weight excluding hydrogens is 344 g/mol. The van der Waals surface area contributed by atoms with Crippen LogP contribution in [0.3, 0.4) is 0 Å². The molecule has 140 valence electrons. The third-order valence-electron chi connectivity index (χ3n) is 5.23. The number of aryl methyl sites for hydroxylation is 3. The molecule has 0 atom stereocenters. The van der Waals surface area contributed by atoms with E-state index in [1.807, 2.05) is 19.1 Å². The number of hydrogen-bond donors (Lipinski definition) is 0. The van der Waals surface area contributed by atoms with Gasteiger partial charge in [-0.05, 0) is 42.5 Å². The smallest absolute Gasteiger partial charge is 0.243 e. The maximum absolute atomic E-state index is 13.0. The van der Waals surface area contributed by atoms with E-state index in [1.165, 1.54) is 16.8 Å². The summed E-state index contributed by atoms with van der Waals surface area (Å²) < 4.78 is 27.6. The fourth-order valence-corrected chi connectivity index (χ4v) is 5.41. The van der Waals surface area contributed by atoms with Gasteiger partial charge in [-0.15, -0.1) is 0 Å². The van der Waals surface area contributed by atoms with Crippen LogP contribution in [0, 0.1) is 6.92 Å². The van der Waals surface area contributed by atoms with Gasteiger partial charge >= 0.3 is 0 Å². The Hall–Kier alpha value is -1.85. The minimum atomic E-state index is -3.42. The molecular formula is C21H28N2O2S.